The van der Waals surface area contributed by atoms with Gasteiger partial charge in [-0.3, -0.25) is 0 Å². The molecule has 1 atom stereocenters. The smallest absolute Gasteiger partial charge is 0.213 e. The number of hydrogen-bond acceptors (Lipinski definition) is 4. The molecule has 4 heteroatoms. The van der Waals surface area contributed by atoms with Crippen LogP contribution in [0.3, 0.4) is 0 Å². The van der Waals surface area contributed by atoms with Crippen molar-refractivity contribution in [3.8, 4) is 5.88 Å². The molecule has 1 aliphatic rings. The molecule has 1 saturated heterocycles. The van der Waals surface area contributed by atoms with Gasteiger partial charge in [-0.25, -0.2) is 4.98 Å². The van der Waals surface area contributed by atoms with Gasteiger partial charge in [0.1, 0.15) is 0 Å². The second kappa shape index (κ2) is 5.98. The van der Waals surface area contributed by atoms with Gasteiger partial charge in [0.25, 0.3) is 0 Å². The van der Waals surface area contributed by atoms with Crippen molar-refractivity contribution in [2.24, 2.45) is 11.7 Å². The maximum atomic E-state index is 5.82. The van der Waals surface area contributed by atoms with Crippen molar-refractivity contribution >= 4 is 0 Å². The zero-order chi connectivity index (χ0) is 12.1. The number of hydrogen-bond donors (Lipinski definition) is 1. The maximum Gasteiger partial charge on any atom is 0.213 e. The summed E-state index contributed by atoms with van der Waals surface area (Å²) in [6, 6.07) is 3.86. The Morgan fingerprint density at radius 1 is 1.53 bits per heavy atom. The van der Waals surface area contributed by atoms with Gasteiger partial charge in [-0.15, -0.1) is 0 Å². The number of ether oxygens (including phenoxy) is 2. The molecule has 0 radical (unpaired) electrons. The number of pyridine rings is 1. The highest BCUT2D eigenvalue weighted by molar-refractivity contribution is 5.22. The molecule has 0 bridgehead atoms. The van der Waals surface area contributed by atoms with Gasteiger partial charge in [-0.2, -0.15) is 0 Å². The van der Waals surface area contributed by atoms with E-state index in [2.05, 4.69) is 4.98 Å². The summed E-state index contributed by atoms with van der Waals surface area (Å²) in [5.74, 6) is 1.26. The second-order valence-electron chi connectivity index (χ2n) is 4.58. The zero-order valence-electron chi connectivity index (χ0n) is 10.3. The largest absolute Gasteiger partial charge is 0.477 e. The Hall–Kier alpha value is -1.13. The predicted molar refractivity (Wildman–Crippen MR) is 65.9 cm³/mol. The van der Waals surface area contributed by atoms with Crippen molar-refractivity contribution in [3.05, 3.63) is 23.9 Å². The topological polar surface area (TPSA) is 57.4 Å². The molecule has 4 nitrogen and oxygen atoms in total. The molecule has 17 heavy (non-hydrogen) atoms. The molecule has 0 amide bonds. The van der Waals surface area contributed by atoms with E-state index in [4.69, 9.17) is 15.2 Å². The average molecular weight is 236 g/mol. The Morgan fingerprint density at radius 2 is 2.29 bits per heavy atom. The van der Waals surface area contributed by atoms with Crippen LogP contribution in [-0.4, -0.2) is 24.8 Å². The Balaban J connectivity index is 1.87. The minimum absolute atomic E-state index is 0.0171. The van der Waals surface area contributed by atoms with E-state index >= 15 is 0 Å². The molecule has 2 rings (SSSR count). The highest BCUT2D eigenvalue weighted by Gasteiger charge is 2.14. The van der Waals surface area contributed by atoms with E-state index in [-0.39, 0.29) is 6.04 Å². The summed E-state index contributed by atoms with van der Waals surface area (Å²) in [6.07, 6.45) is 3.90. The van der Waals surface area contributed by atoms with Gasteiger partial charge >= 0.3 is 0 Å². The number of aromatic nitrogens is 1. The zero-order valence-corrected chi connectivity index (χ0v) is 10.3. The minimum atomic E-state index is 0.0171. The lowest BCUT2D eigenvalue weighted by atomic mass is 10.0. The summed E-state index contributed by atoms with van der Waals surface area (Å²) in [6.45, 7) is 4.37. The molecule has 1 aromatic heterocycles. The molecule has 0 aliphatic carbocycles. The molecular weight excluding hydrogens is 216 g/mol. The van der Waals surface area contributed by atoms with E-state index in [0.717, 1.165) is 38.2 Å². The van der Waals surface area contributed by atoms with Crippen molar-refractivity contribution in [2.75, 3.05) is 19.8 Å². The van der Waals surface area contributed by atoms with Crippen LogP contribution in [0.1, 0.15) is 31.4 Å². The maximum absolute atomic E-state index is 5.82. The lowest BCUT2D eigenvalue weighted by molar-refractivity contribution is 0.0490. The highest BCUT2D eigenvalue weighted by Crippen LogP contribution is 2.18. The average Bonchev–Trinajstić information content (AvgIpc) is 2.38. The summed E-state index contributed by atoms with van der Waals surface area (Å²) in [5, 5.41) is 0. The SMILES string of the molecule is C[C@H](N)c1ccnc(OCC2CCOCC2)c1. The van der Waals surface area contributed by atoms with Crippen molar-refractivity contribution in [3.63, 3.8) is 0 Å². The molecule has 2 N–H and O–H groups in total. The van der Waals surface area contributed by atoms with Gasteiger partial charge in [-0.05, 0) is 37.3 Å². The third-order valence-electron chi connectivity index (χ3n) is 3.09. The minimum Gasteiger partial charge on any atom is -0.477 e. The first kappa shape index (κ1) is 12.3. The van der Waals surface area contributed by atoms with E-state index in [0.29, 0.717) is 11.8 Å². The Bertz CT molecular complexity index is 349. The summed E-state index contributed by atoms with van der Waals surface area (Å²) in [7, 11) is 0. The summed E-state index contributed by atoms with van der Waals surface area (Å²) < 4.78 is 11.0. The van der Waals surface area contributed by atoms with Crippen LogP contribution in [0.4, 0.5) is 0 Å². The lowest BCUT2D eigenvalue weighted by Gasteiger charge is -2.21. The standard InChI is InChI=1S/C13H20N2O2/c1-10(14)12-2-5-15-13(8-12)17-9-11-3-6-16-7-4-11/h2,5,8,10-11H,3-4,6-7,9,14H2,1H3/t10-/m0/s1. The molecule has 1 fully saturated rings. The van der Waals surface area contributed by atoms with E-state index in [1.54, 1.807) is 6.20 Å². The Kier molecular flexibility index (Phi) is 4.34. The fourth-order valence-corrected chi connectivity index (χ4v) is 1.90. The predicted octanol–water partition coefficient (Wildman–Crippen LogP) is 1.91. The van der Waals surface area contributed by atoms with Crippen LogP contribution in [0.25, 0.3) is 0 Å². The monoisotopic (exact) mass is 236 g/mol. The molecular formula is C13H20N2O2. The van der Waals surface area contributed by atoms with Gasteiger partial charge in [-0.1, -0.05) is 0 Å². The van der Waals surface area contributed by atoms with Crippen LogP contribution in [0.15, 0.2) is 18.3 Å². The van der Waals surface area contributed by atoms with E-state index < -0.39 is 0 Å². The first-order chi connectivity index (χ1) is 8.25. The van der Waals surface area contributed by atoms with Crippen LogP contribution in [0.2, 0.25) is 0 Å². The summed E-state index contributed by atoms with van der Waals surface area (Å²) >= 11 is 0. The molecule has 1 aromatic rings. The lowest BCUT2D eigenvalue weighted by Crippen LogP contribution is -2.21. The summed E-state index contributed by atoms with van der Waals surface area (Å²) in [4.78, 5) is 4.20. The van der Waals surface area contributed by atoms with Gasteiger partial charge in [0.2, 0.25) is 5.88 Å². The normalized spacial score (nSPS) is 18.9. The second-order valence-corrected chi connectivity index (χ2v) is 4.58. The van der Waals surface area contributed by atoms with E-state index in [9.17, 15) is 0 Å². The van der Waals surface area contributed by atoms with Gasteiger partial charge in [0.15, 0.2) is 0 Å². The molecule has 0 unspecified atom stereocenters. The van der Waals surface area contributed by atoms with Crippen LogP contribution >= 0.6 is 0 Å². The first-order valence-electron chi connectivity index (χ1n) is 6.18. The molecule has 2 heterocycles. The summed E-state index contributed by atoms with van der Waals surface area (Å²) in [5.41, 5.74) is 6.88. The fourth-order valence-electron chi connectivity index (χ4n) is 1.90. The third-order valence-corrected chi connectivity index (χ3v) is 3.09. The van der Waals surface area contributed by atoms with E-state index in [1.165, 1.54) is 0 Å². The van der Waals surface area contributed by atoms with Crippen LogP contribution in [0, 0.1) is 5.92 Å². The highest BCUT2D eigenvalue weighted by atomic mass is 16.5. The van der Waals surface area contributed by atoms with Crippen LogP contribution < -0.4 is 10.5 Å². The third kappa shape index (κ3) is 3.68. The van der Waals surface area contributed by atoms with Gasteiger partial charge in [0, 0.05) is 31.5 Å². The van der Waals surface area contributed by atoms with Gasteiger partial charge in [0.05, 0.1) is 6.61 Å². The Labute approximate surface area is 102 Å². The van der Waals surface area contributed by atoms with Crippen molar-refractivity contribution < 1.29 is 9.47 Å². The van der Waals surface area contributed by atoms with Crippen molar-refractivity contribution in [1.82, 2.24) is 4.98 Å². The molecule has 94 valence electrons. The molecule has 0 spiro atoms. The van der Waals surface area contributed by atoms with Crippen molar-refractivity contribution in [2.45, 2.75) is 25.8 Å². The van der Waals surface area contributed by atoms with Crippen LogP contribution in [-0.2, 0) is 4.74 Å². The fraction of sp³-hybridized carbons (Fsp3) is 0.615. The van der Waals surface area contributed by atoms with Gasteiger partial charge < -0.3 is 15.2 Å². The first-order valence-corrected chi connectivity index (χ1v) is 6.18. The Morgan fingerprint density at radius 3 is 3.00 bits per heavy atom. The quantitative estimate of drug-likeness (QED) is 0.867. The van der Waals surface area contributed by atoms with Crippen molar-refractivity contribution in [1.29, 1.82) is 0 Å². The number of rotatable bonds is 4. The molecule has 0 aromatic carbocycles. The molecule has 1 aliphatic heterocycles. The van der Waals surface area contributed by atoms with E-state index in [1.807, 2.05) is 19.1 Å². The number of nitrogens with zero attached hydrogens (tertiary/aromatic N) is 1. The number of nitrogens with two attached hydrogens (primary N) is 1. The van der Waals surface area contributed by atoms with Crippen LogP contribution in [0.5, 0.6) is 5.88 Å². The molecule has 0 saturated carbocycles.